The number of hydrogen-bond acceptors (Lipinski definition) is 4. The maximum atomic E-state index is 13.1. The molecule has 0 saturated heterocycles. The van der Waals surface area contributed by atoms with Crippen molar-refractivity contribution < 1.29 is 4.74 Å². The molecule has 6 heteroatoms. The molecule has 5 nitrogen and oxygen atoms in total. The zero-order valence-electron chi connectivity index (χ0n) is 15.2. The lowest BCUT2D eigenvalue weighted by Crippen LogP contribution is -2.31. The Balaban J connectivity index is 1.77. The van der Waals surface area contributed by atoms with E-state index in [2.05, 4.69) is 21.4 Å². The van der Waals surface area contributed by atoms with Crippen LogP contribution in [0.4, 0.5) is 0 Å². The third kappa shape index (κ3) is 3.64. The third-order valence-electron chi connectivity index (χ3n) is 4.48. The van der Waals surface area contributed by atoms with E-state index in [0.717, 1.165) is 21.3 Å². The van der Waals surface area contributed by atoms with Crippen molar-refractivity contribution in [2.45, 2.75) is 6.54 Å². The van der Waals surface area contributed by atoms with Crippen molar-refractivity contribution in [3.63, 3.8) is 0 Å². The van der Waals surface area contributed by atoms with Crippen LogP contribution in [0.15, 0.2) is 82.1 Å². The molecule has 0 spiro atoms. The minimum absolute atomic E-state index is 0.128. The summed E-state index contributed by atoms with van der Waals surface area (Å²) in [7, 11) is 1.64. The number of fused-ring (bicyclic) bond motifs is 1. The van der Waals surface area contributed by atoms with Crippen LogP contribution in [0.2, 0.25) is 0 Å². The van der Waals surface area contributed by atoms with Gasteiger partial charge in [-0.05, 0) is 42.0 Å². The average molecular weight is 436 g/mol. The zero-order valence-corrected chi connectivity index (χ0v) is 16.8. The minimum Gasteiger partial charge on any atom is -0.497 e. The number of ether oxygens (including phenoxy) is 1. The fourth-order valence-corrected chi connectivity index (χ4v) is 3.25. The van der Waals surface area contributed by atoms with Crippen molar-refractivity contribution in [3.8, 4) is 17.1 Å². The van der Waals surface area contributed by atoms with Crippen molar-refractivity contribution in [2.24, 2.45) is 0 Å². The lowest BCUT2D eigenvalue weighted by atomic mass is 10.2. The van der Waals surface area contributed by atoms with Gasteiger partial charge in [-0.3, -0.25) is 4.79 Å². The van der Waals surface area contributed by atoms with Gasteiger partial charge < -0.3 is 10.2 Å². The van der Waals surface area contributed by atoms with Crippen LogP contribution in [-0.4, -0.2) is 16.8 Å². The molecular formula is C22H18BrN3O2. The summed E-state index contributed by atoms with van der Waals surface area (Å²) >= 11 is 3.45. The largest absolute Gasteiger partial charge is 0.497 e. The smallest absolute Gasteiger partial charge is 0.280 e. The van der Waals surface area contributed by atoms with Crippen molar-refractivity contribution in [1.29, 1.82) is 0 Å². The highest BCUT2D eigenvalue weighted by atomic mass is 79.9. The molecule has 0 aliphatic carbocycles. The summed E-state index contributed by atoms with van der Waals surface area (Å²) < 4.78 is 7.69. The van der Waals surface area contributed by atoms with Gasteiger partial charge in [0.15, 0.2) is 5.82 Å². The van der Waals surface area contributed by atoms with E-state index >= 15 is 0 Å². The molecule has 0 atom stereocenters. The summed E-state index contributed by atoms with van der Waals surface area (Å²) in [5.41, 5.74) is 5.66. The lowest BCUT2D eigenvalue weighted by molar-refractivity contribution is 0.414. The van der Waals surface area contributed by atoms with Gasteiger partial charge >= 0.3 is 0 Å². The minimum atomic E-state index is -0.128. The molecule has 0 radical (unpaired) electrons. The molecule has 4 aromatic rings. The molecule has 1 heterocycles. The normalized spacial score (nSPS) is 10.8. The van der Waals surface area contributed by atoms with Gasteiger partial charge in [-0.15, -0.1) is 0 Å². The second-order valence-electron chi connectivity index (χ2n) is 6.28. The summed E-state index contributed by atoms with van der Waals surface area (Å²) in [6, 6.07) is 22.8. The van der Waals surface area contributed by atoms with E-state index in [1.165, 1.54) is 4.68 Å². The predicted octanol–water partition coefficient (Wildman–Crippen LogP) is 4.58. The topological polar surface area (TPSA) is 56.1 Å². The van der Waals surface area contributed by atoms with Gasteiger partial charge in [0.2, 0.25) is 0 Å². The van der Waals surface area contributed by atoms with E-state index in [1.807, 2.05) is 66.7 Å². The quantitative estimate of drug-likeness (QED) is 0.498. The number of halogens is 1. The first-order chi connectivity index (χ1) is 13.7. The molecule has 0 fully saturated rings. The Morgan fingerprint density at radius 3 is 2.43 bits per heavy atom. The molecule has 140 valence electrons. The van der Waals surface area contributed by atoms with E-state index in [4.69, 9.17) is 9.72 Å². The van der Waals surface area contributed by atoms with Gasteiger partial charge in [-0.1, -0.05) is 52.3 Å². The van der Waals surface area contributed by atoms with Crippen LogP contribution in [0.3, 0.4) is 0 Å². The summed E-state index contributed by atoms with van der Waals surface area (Å²) in [6.07, 6.45) is 0. The third-order valence-corrected chi connectivity index (χ3v) is 5.01. The maximum Gasteiger partial charge on any atom is 0.280 e. The van der Waals surface area contributed by atoms with Crippen molar-refractivity contribution >= 4 is 26.8 Å². The fourth-order valence-electron chi connectivity index (χ4n) is 2.99. The molecule has 4 rings (SSSR count). The Hall–Kier alpha value is -3.12. The first-order valence-electron chi connectivity index (χ1n) is 8.80. The van der Waals surface area contributed by atoms with Crippen molar-refractivity contribution in [3.05, 3.63) is 93.2 Å². The van der Waals surface area contributed by atoms with E-state index in [1.54, 1.807) is 13.2 Å². The van der Waals surface area contributed by atoms with Gasteiger partial charge in [-0.2, -0.15) is 0 Å². The van der Waals surface area contributed by atoms with Crippen LogP contribution < -0.4 is 15.7 Å². The van der Waals surface area contributed by atoms with E-state index in [0.29, 0.717) is 23.3 Å². The Morgan fingerprint density at radius 2 is 1.71 bits per heavy atom. The molecule has 1 N–H and O–H groups in total. The number of benzene rings is 3. The number of rotatable bonds is 5. The van der Waals surface area contributed by atoms with E-state index in [9.17, 15) is 4.79 Å². The van der Waals surface area contributed by atoms with Crippen LogP contribution in [-0.2, 0) is 6.54 Å². The Morgan fingerprint density at radius 1 is 1.00 bits per heavy atom. The van der Waals surface area contributed by atoms with Gasteiger partial charge in [0.05, 0.1) is 24.6 Å². The number of hydrogen-bond donors (Lipinski definition) is 1. The molecular weight excluding hydrogens is 418 g/mol. The summed E-state index contributed by atoms with van der Waals surface area (Å²) in [6.45, 7) is 0.480. The molecule has 0 aliphatic heterocycles. The Labute approximate surface area is 170 Å². The van der Waals surface area contributed by atoms with Crippen LogP contribution in [0.1, 0.15) is 5.56 Å². The highest BCUT2D eigenvalue weighted by molar-refractivity contribution is 9.10. The second-order valence-corrected chi connectivity index (χ2v) is 7.20. The van der Waals surface area contributed by atoms with Gasteiger partial charge in [0, 0.05) is 10.0 Å². The van der Waals surface area contributed by atoms with Crippen LogP contribution in [0, 0.1) is 0 Å². The van der Waals surface area contributed by atoms with Gasteiger partial charge in [0.25, 0.3) is 5.56 Å². The number of aromatic nitrogens is 2. The van der Waals surface area contributed by atoms with Crippen molar-refractivity contribution in [2.75, 3.05) is 12.5 Å². The number of methoxy groups -OCH3 is 1. The van der Waals surface area contributed by atoms with Crippen LogP contribution >= 0.6 is 15.9 Å². The summed E-state index contributed by atoms with van der Waals surface area (Å²) in [5, 5.41) is 0.575. The second kappa shape index (κ2) is 7.86. The highest BCUT2D eigenvalue weighted by Crippen LogP contribution is 2.21. The summed E-state index contributed by atoms with van der Waals surface area (Å²) in [5.74, 6) is 1.37. The standard InChI is InChI=1S/C22H18BrN3O2/c1-28-18-12-6-15(7-13-18)14-24-26-21(16-8-10-17(23)11-9-16)25-20-5-3-2-4-19(20)22(26)27/h2-13,24H,14H2,1H3. The average Bonchev–Trinajstić information content (AvgIpc) is 2.74. The van der Waals surface area contributed by atoms with Crippen molar-refractivity contribution in [1.82, 2.24) is 9.66 Å². The first kappa shape index (κ1) is 18.3. The first-order valence-corrected chi connectivity index (χ1v) is 9.59. The monoisotopic (exact) mass is 435 g/mol. The SMILES string of the molecule is COc1ccc(CNn2c(-c3ccc(Br)cc3)nc3ccccc3c2=O)cc1. The van der Waals surface area contributed by atoms with E-state index in [-0.39, 0.29) is 5.56 Å². The Bertz CT molecular complexity index is 1170. The maximum absolute atomic E-state index is 13.1. The molecule has 0 unspecified atom stereocenters. The fraction of sp³-hybridized carbons (Fsp3) is 0.0909. The number of nitrogens with one attached hydrogen (secondary N) is 1. The summed E-state index contributed by atoms with van der Waals surface area (Å²) in [4.78, 5) is 17.9. The molecule has 0 amide bonds. The zero-order chi connectivity index (χ0) is 19.5. The lowest BCUT2D eigenvalue weighted by Gasteiger charge is -2.16. The van der Waals surface area contributed by atoms with Crippen LogP contribution in [0.25, 0.3) is 22.3 Å². The Kier molecular flexibility index (Phi) is 5.12. The highest BCUT2D eigenvalue weighted by Gasteiger charge is 2.12. The molecule has 3 aromatic carbocycles. The molecule has 0 saturated carbocycles. The molecule has 28 heavy (non-hydrogen) atoms. The molecule has 0 bridgehead atoms. The van der Waals surface area contributed by atoms with Gasteiger partial charge in [-0.25, -0.2) is 9.66 Å². The molecule has 0 aliphatic rings. The molecule has 1 aromatic heterocycles. The van der Waals surface area contributed by atoms with E-state index < -0.39 is 0 Å². The predicted molar refractivity (Wildman–Crippen MR) is 115 cm³/mol. The van der Waals surface area contributed by atoms with Crippen LogP contribution in [0.5, 0.6) is 5.75 Å². The number of nitrogens with zero attached hydrogens (tertiary/aromatic N) is 2. The number of para-hydroxylation sites is 1. The van der Waals surface area contributed by atoms with Gasteiger partial charge in [0.1, 0.15) is 5.75 Å².